The normalized spacial score (nSPS) is 11.4. The molecule has 0 radical (unpaired) electrons. The van der Waals surface area contributed by atoms with Crippen molar-refractivity contribution in [2.45, 2.75) is 52.4 Å². The van der Waals surface area contributed by atoms with E-state index in [1.165, 1.54) is 0 Å². The first kappa shape index (κ1) is 25.2. The molecule has 4 N–H and O–H groups in total. The highest BCUT2D eigenvalue weighted by atomic mass is 16.3. The zero-order chi connectivity index (χ0) is 26.0. The van der Waals surface area contributed by atoms with Crippen LogP contribution in [0.25, 0.3) is 0 Å². The molecular formula is C32H34O4. The van der Waals surface area contributed by atoms with Crippen LogP contribution in [0.3, 0.4) is 0 Å². The zero-order valence-electron chi connectivity index (χ0n) is 21.3. The van der Waals surface area contributed by atoms with E-state index >= 15 is 0 Å². The van der Waals surface area contributed by atoms with Crippen molar-refractivity contribution >= 4 is 0 Å². The predicted octanol–water partition coefficient (Wildman–Crippen LogP) is 7.49. The minimum atomic E-state index is -0.286. The molecule has 0 aromatic heterocycles. The van der Waals surface area contributed by atoms with Crippen LogP contribution in [0.15, 0.2) is 72.8 Å². The van der Waals surface area contributed by atoms with Crippen LogP contribution < -0.4 is 0 Å². The van der Waals surface area contributed by atoms with Gasteiger partial charge in [0, 0.05) is 34.1 Å². The number of hydrogen-bond acceptors (Lipinski definition) is 4. The lowest BCUT2D eigenvalue weighted by Crippen LogP contribution is -2.09. The highest BCUT2D eigenvalue weighted by Gasteiger charge is 2.27. The molecule has 4 rings (SSSR count). The highest BCUT2D eigenvalue weighted by Crippen LogP contribution is 2.46. The van der Waals surface area contributed by atoms with Crippen molar-refractivity contribution in [2.75, 3.05) is 0 Å². The standard InChI is InChI=1S/C32H34O4/c1-19-9-5-13-25(29(19)33)23(26-14-6-10-20(2)30(26)34)17-18-24(27-15-7-11-21(3)31(27)35)28-16-8-12-22(4)32(28)36/h5-16,23-24,33-36H,17-18H2,1-4H3. The van der Waals surface area contributed by atoms with Gasteiger partial charge in [0.15, 0.2) is 0 Å². The summed E-state index contributed by atoms with van der Waals surface area (Å²) in [6, 6.07) is 22.7. The van der Waals surface area contributed by atoms with E-state index in [4.69, 9.17) is 0 Å². The van der Waals surface area contributed by atoms with Crippen molar-refractivity contribution in [3.63, 3.8) is 0 Å². The van der Waals surface area contributed by atoms with Crippen LogP contribution in [0.5, 0.6) is 23.0 Å². The van der Waals surface area contributed by atoms with Gasteiger partial charge < -0.3 is 20.4 Å². The molecule has 4 nitrogen and oxygen atoms in total. The molecule has 0 fully saturated rings. The Morgan fingerprint density at radius 1 is 0.417 bits per heavy atom. The van der Waals surface area contributed by atoms with Crippen molar-refractivity contribution in [1.82, 2.24) is 0 Å². The molecular weight excluding hydrogens is 448 g/mol. The van der Waals surface area contributed by atoms with Crippen LogP contribution in [0, 0.1) is 27.7 Å². The number of phenols is 4. The van der Waals surface area contributed by atoms with Gasteiger partial charge in [-0.15, -0.1) is 0 Å². The maximum Gasteiger partial charge on any atom is 0.122 e. The Bertz CT molecular complexity index is 1180. The van der Waals surface area contributed by atoms with Crippen LogP contribution >= 0.6 is 0 Å². The number of phenolic OH excluding ortho intramolecular Hbond substituents is 4. The van der Waals surface area contributed by atoms with Gasteiger partial charge in [-0.05, 0) is 62.8 Å². The molecule has 0 atom stereocenters. The SMILES string of the molecule is Cc1cccc(C(CCC(c2cccc(C)c2O)c2cccc(C)c2O)c2cccc(C)c2O)c1O. The van der Waals surface area contributed by atoms with Gasteiger partial charge in [0.1, 0.15) is 23.0 Å². The van der Waals surface area contributed by atoms with Gasteiger partial charge in [0.2, 0.25) is 0 Å². The molecule has 0 saturated carbocycles. The molecule has 0 saturated heterocycles. The van der Waals surface area contributed by atoms with Crippen LogP contribution in [-0.4, -0.2) is 20.4 Å². The molecule has 4 aromatic rings. The first-order valence-corrected chi connectivity index (χ1v) is 12.3. The van der Waals surface area contributed by atoms with E-state index in [0.717, 1.165) is 44.5 Å². The molecule has 0 aliphatic heterocycles. The van der Waals surface area contributed by atoms with Gasteiger partial charge >= 0.3 is 0 Å². The van der Waals surface area contributed by atoms with E-state index in [9.17, 15) is 20.4 Å². The quantitative estimate of drug-likeness (QED) is 0.220. The number of hydrogen-bond donors (Lipinski definition) is 4. The van der Waals surface area contributed by atoms with Gasteiger partial charge in [-0.25, -0.2) is 0 Å². The van der Waals surface area contributed by atoms with Gasteiger partial charge in [-0.2, -0.15) is 0 Å². The minimum absolute atomic E-state index is 0.219. The lowest BCUT2D eigenvalue weighted by atomic mass is 9.79. The highest BCUT2D eigenvalue weighted by molar-refractivity contribution is 5.53. The largest absolute Gasteiger partial charge is 0.507 e. The lowest BCUT2D eigenvalue weighted by Gasteiger charge is -2.26. The Labute approximate surface area is 213 Å². The summed E-state index contributed by atoms with van der Waals surface area (Å²) in [6.45, 7) is 7.46. The fourth-order valence-electron chi connectivity index (χ4n) is 5.14. The van der Waals surface area contributed by atoms with Crippen LogP contribution in [0.4, 0.5) is 0 Å². The molecule has 4 heteroatoms. The average Bonchev–Trinajstić information content (AvgIpc) is 2.85. The summed E-state index contributed by atoms with van der Waals surface area (Å²) < 4.78 is 0. The Kier molecular flexibility index (Phi) is 7.25. The molecule has 0 unspecified atom stereocenters. The Hall–Kier alpha value is -3.92. The third-order valence-electron chi connectivity index (χ3n) is 7.32. The van der Waals surface area contributed by atoms with Crippen LogP contribution in [0.1, 0.15) is 69.2 Å². The fourth-order valence-corrected chi connectivity index (χ4v) is 5.14. The van der Waals surface area contributed by atoms with Crippen molar-refractivity contribution < 1.29 is 20.4 Å². The summed E-state index contributed by atoms with van der Waals surface area (Å²) in [5.74, 6) is 0.305. The maximum atomic E-state index is 11.0. The summed E-state index contributed by atoms with van der Waals surface area (Å²) >= 11 is 0. The number of para-hydroxylation sites is 4. The van der Waals surface area contributed by atoms with Gasteiger partial charge in [0.25, 0.3) is 0 Å². The molecule has 4 aromatic carbocycles. The maximum absolute atomic E-state index is 11.0. The second-order valence-electron chi connectivity index (χ2n) is 9.73. The van der Waals surface area contributed by atoms with Crippen molar-refractivity contribution in [3.05, 3.63) is 117 Å². The van der Waals surface area contributed by atoms with E-state index in [-0.39, 0.29) is 34.8 Å². The van der Waals surface area contributed by atoms with Crippen LogP contribution in [0.2, 0.25) is 0 Å². The van der Waals surface area contributed by atoms with Gasteiger partial charge in [-0.1, -0.05) is 72.8 Å². The molecule has 0 heterocycles. The summed E-state index contributed by atoms with van der Waals surface area (Å²) in [5, 5.41) is 44.0. The Morgan fingerprint density at radius 3 is 0.861 bits per heavy atom. The lowest BCUT2D eigenvalue weighted by molar-refractivity contribution is 0.433. The van der Waals surface area contributed by atoms with E-state index in [1.54, 1.807) is 0 Å². The zero-order valence-corrected chi connectivity index (χ0v) is 21.3. The smallest absolute Gasteiger partial charge is 0.122 e. The molecule has 0 aliphatic carbocycles. The number of rotatable bonds is 7. The summed E-state index contributed by atoms with van der Waals surface area (Å²) in [7, 11) is 0. The fraction of sp³-hybridized carbons (Fsp3) is 0.250. The van der Waals surface area contributed by atoms with Crippen molar-refractivity contribution in [1.29, 1.82) is 0 Å². The molecule has 0 bridgehead atoms. The van der Waals surface area contributed by atoms with E-state index < -0.39 is 0 Å². The first-order valence-electron chi connectivity index (χ1n) is 12.3. The molecule has 36 heavy (non-hydrogen) atoms. The molecule has 0 amide bonds. The van der Waals surface area contributed by atoms with E-state index in [1.807, 2.05) is 100 Å². The topological polar surface area (TPSA) is 80.9 Å². The monoisotopic (exact) mass is 482 g/mol. The van der Waals surface area contributed by atoms with E-state index in [0.29, 0.717) is 12.8 Å². The third-order valence-corrected chi connectivity index (χ3v) is 7.32. The van der Waals surface area contributed by atoms with Gasteiger partial charge in [0.05, 0.1) is 0 Å². The first-order chi connectivity index (χ1) is 17.2. The number of aryl methyl sites for hydroxylation is 4. The molecule has 186 valence electrons. The Morgan fingerprint density at radius 2 is 0.639 bits per heavy atom. The number of benzene rings is 4. The second-order valence-corrected chi connectivity index (χ2v) is 9.73. The third kappa shape index (κ3) is 4.76. The van der Waals surface area contributed by atoms with Crippen molar-refractivity contribution in [2.24, 2.45) is 0 Å². The van der Waals surface area contributed by atoms with E-state index in [2.05, 4.69) is 0 Å². The second kappa shape index (κ2) is 10.4. The average molecular weight is 483 g/mol. The van der Waals surface area contributed by atoms with Crippen LogP contribution in [-0.2, 0) is 0 Å². The predicted molar refractivity (Wildman–Crippen MR) is 144 cm³/mol. The summed E-state index contributed by atoms with van der Waals surface area (Å²) in [5.41, 5.74) is 6.08. The van der Waals surface area contributed by atoms with Gasteiger partial charge in [-0.3, -0.25) is 0 Å². The van der Waals surface area contributed by atoms with Crippen molar-refractivity contribution in [3.8, 4) is 23.0 Å². The Balaban J connectivity index is 1.83. The summed E-state index contributed by atoms with van der Waals surface area (Å²) in [4.78, 5) is 0. The summed E-state index contributed by atoms with van der Waals surface area (Å²) in [6.07, 6.45) is 1.14. The number of aromatic hydroxyl groups is 4. The molecule has 0 spiro atoms. The minimum Gasteiger partial charge on any atom is -0.507 e. The molecule has 0 aliphatic rings.